The number of hydrogen-bond acceptors (Lipinski definition) is 4. The summed E-state index contributed by atoms with van der Waals surface area (Å²) in [6.07, 6.45) is 2.46. The number of benzene rings is 1. The van der Waals surface area contributed by atoms with Gasteiger partial charge in [-0.15, -0.1) is 0 Å². The summed E-state index contributed by atoms with van der Waals surface area (Å²) in [5, 5.41) is 8.58. The first-order chi connectivity index (χ1) is 9.88. The topological polar surface area (TPSA) is 75.4 Å². The Morgan fingerprint density at radius 2 is 2.00 bits per heavy atom. The van der Waals surface area contributed by atoms with Crippen molar-refractivity contribution < 1.29 is 8.42 Å². The van der Waals surface area contributed by atoms with E-state index in [1.165, 1.54) is 12.8 Å². The van der Waals surface area contributed by atoms with Gasteiger partial charge in [-0.3, -0.25) is 0 Å². The van der Waals surface area contributed by atoms with E-state index in [2.05, 4.69) is 24.1 Å². The van der Waals surface area contributed by atoms with Gasteiger partial charge in [0, 0.05) is 18.3 Å². The highest BCUT2D eigenvalue weighted by atomic mass is 32.2. The van der Waals surface area contributed by atoms with Crippen LogP contribution in [0.1, 0.15) is 26.7 Å². The lowest BCUT2D eigenvalue weighted by atomic mass is 9.98. The van der Waals surface area contributed by atoms with Crippen molar-refractivity contribution in [2.45, 2.75) is 37.6 Å². The summed E-state index contributed by atoms with van der Waals surface area (Å²) in [6.45, 7) is 7.47. The van der Waals surface area contributed by atoms with Gasteiger partial charge in [0.1, 0.15) is 0 Å². The standard InChI is InChI=1S/C15H25N3O2S/c1-12(2)18(11-13-4-3-9-17-10-13)14-5-7-15(8-6-14)21(16,19)20/h5-8,12-13,17H,3-4,9-11H2,1-2H3,(H2,16,19,20). The van der Waals surface area contributed by atoms with Crippen molar-refractivity contribution in [3.8, 4) is 0 Å². The number of piperidine rings is 1. The first-order valence-corrected chi connectivity index (χ1v) is 9.03. The molecule has 0 bridgehead atoms. The van der Waals surface area contributed by atoms with Gasteiger partial charge < -0.3 is 10.2 Å². The molecule has 1 aliphatic rings. The Bertz CT molecular complexity index is 549. The number of nitrogens with two attached hydrogens (primary N) is 1. The van der Waals surface area contributed by atoms with Gasteiger partial charge in [-0.25, -0.2) is 13.6 Å². The second-order valence-electron chi connectivity index (χ2n) is 6.00. The van der Waals surface area contributed by atoms with Crippen LogP contribution in [0.15, 0.2) is 29.2 Å². The van der Waals surface area contributed by atoms with Crippen LogP contribution in [-0.2, 0) is 10.0 Å². The maximum atomic E-state index is 11.3. The zero-order valence-electron chi connectivity index (χ0n) is 12.7. The smallest absolute Gasteiger partial charge is 0.238 e. The van der Waals surface area contributed by atoms with Crippen molar-refractivity contribution in [1.29, 1.82) is 0 Å². The second kappa shape index (κ2) is 6.77. The number of rotatable bonds is 5. The van der Waals surface area contributed by atoms with E-state index >= 15 is 0 Å². The summed E-state index contributed by atoms with van der Waals surface area (Å²) in [4.78, 5) is 2.49. The second-order valence-corrected chi connectivity index (χ2v) is 7.56. The zero-order chi connectivity index (χ0) is 15.5. The van der Waals surface area contributed by atoms with Gasteiger partial charge in [0.25, 0.3) is 0 Å². The van der Waals surface area contributed by atoms with Crippen LogP contribution in [0.3, 0.4) is 0 Å². The summed E-state index contributed by atoms with van der Waals surface area (Å²) >= 11 is 0. The van der Waals surface area contributed by atoms with Crippen LogP contribution >= 0.6 is 0 Å². The summed E-state index contributed by atoms with van der Waals surface area (Å²) < 4.78 is 22.6. The molecule has 118 valence electrons. The first-order valence-electron chi connectivity index (χ1n) is 7.48. The molecule has 0 amide bonds. The molecule has 5 nitrogen and oxygen atoms in total. The third-order valence-electron chi connectivity index (χ3n) is 3.97. The Hall–Kier alpha value is -1.11. The normalized spacial score (nSPS) is 19.7. The molecule has 2 rings (SSSR count). The van der Waals surface area contributed by atoms with Crippen LogP contribution < -0.4 is 15.4 Å². The van der Waals surface area contributed by atoms with E-state index in [0.717, 1.165) is 25.3 Å². The predicted octanol–water partition coefficient (Wildman–Crippen LogP) is 1.55. The average Bonchev–Trinajstić information content (AvgIpc) is 2.45. The monoisotopic (exact) mass is 311 g/mol. The molecule has 0 saturated carbocycles. The van der Waals surface area contributed by atoms with E-state index in [1.54, 1.807) is 12.1 Å². The fraction of sp³-hybridized carbons (Fsp3) is 0.600. The SMILES string of the molecule is CC(C)N(CC1CCCNC1)c1ccc(S(N)(=O)=O)cc1. The van der Waals surface area contributed by atoms with Crippen LogP contribution in [0.25, 0.3) is 0 Å². The number of nitrogens with zero attached hydrogens (tertiary/aromatic N) is 1. The highest BCUT2D eigenvalue weighted by Gasteiger charge is 2.19. The molecule has 3 N–H and O–H groups in total. The Morgan fingerprint density at radius 3 is 2.48 bits per heavy atom. The zero-order valence-corrected chi connectivity index (χ0v) is 13.6. The lowest BCUT2D eigenvalue weighted by molar-refractivity contribution is 0.371. The Kier molecular flexibility index (Phi) is 5.24. The van der Waals surface area contributed by atoms with Gasteiger partial charge in [-0.1, -0.05) is 0 Å². The van der Waals surface area contributed by atoms with Crippen molar-refractivity contribution in [3.05, 3.63) is 24.3 Å². The molecule has 1 aromatic carbocycles. The van der Waals surface area contributed by atoms with Crippen LogP contribution in [0.5, 0.6) is 0 Å². The summed E-state index contributed by atoms with van der Waals surface area (Å²) in [6, 6.07) is 7.22. The molecule has 1 fully saturated rings. The fourth-order valence-electron chi connectivity index (χ4n) is 2.80. The van der Waals surface area contributed by atoms with E-state index < -0.39 is 10.0 Å². The van der Waals surface area contributed by atoms with Gasteiger partial charge >= 0.3 is 0 Å². The summed E-state index contributed by atoms with van der Waals surface area (Å²) in [5.74, 6) is 0.638. The van der Waals surface area contributed by atoms with Gasteiger partial charge in [0.15, 0.2) is 0 Å². The number of sulfonamides is 1. The highest BCUT2D eigenvalue weighted by molar-refractivity contribution is 7.89. The van der Waals surface area contributed by atoms with E-state index in [4.69, 9.17) is 5.14 Å². The lowest BCUT2D eigenvalue weighted by Gasteiger charge is -2.34. The summed E-state index contributed by atoms with van der Waals surface area (Å²) in [5.41, 5.74) is 1.04. The third kappa shape index (κ3) is 4.43. The van der Waals surface area contributed by atoms with Crippen molar-refractivity contribution in [2.24, 2.45) is 11.1 Å². The molecule has 1 unspecified atom stereocenters. The van der Waals surface area contributed by atoms with Gasteiger partial charge in [0.05, 0.1) is 4.90 Å². The minimum absolute atomic E-state index is 0.161. The van der Waals surface area contributed by atoms with Crippen molar-refractivity contribution in [1.82, 2.24) is 5.32 Å². The van der Waals surface area contributed by atoms with Gasteiger partial charge in [-0.2, -0.15) is 0 Å². The summed E-state index contributed by atoms with van der Waals surface area (Å²) in [7, 11) is -3.62. The molecular weight excluding hydrogens is 286 g/mol. The molecule has 1 aliphatic heterocycles. The molecule has 0 aliphatic carbocycles. The minimum atomic E-state index is -3.62. The minimum Gasteiger partial charge on any atom is -0.369 e. The Balaban J connectivity index is 2.14. The molecule has 1 saturated heterocycles. The quantitative estimate of drug-likeness (QED) is 0.865. The predicted molar refractivity (Wildman–Crippen MR) is 85.9 cm³/mol. The average molecular weight is 311 g/mol. The molecule has 0 spiro atoms. The maximum absolute atomic E-state index is 11.3. The number of nitrogens with one attached hydrogen (secondary N) is 1. The number of anilines is 1. The number of primary sulfonamides is 1. The Labute approximate surface area is 127 Å². The third-order valence-corrected chi connectivity index (χ3v) is 4.90. The molecule has 1 heterocycles. The van der Waals surface area contributed by atoms with Crippen LogP contribution in [0, 0.1) is 5.92 Å². The number of hydrogen-bond donors (Lipinski definition) is 2. The molecule has 1 aromatic rings. The first kappa shape index (κ1) is 16.3. The molecule has 0 aromatic heterocycles. The highest BCUT2D eigenvalue weighted by Crippen LogP contribution is 2.22. The van der Waals surface area contributed by atoms with Crippen LogP contribution in [0.2, 0.25) is 0 Å². The maximum Gasteiger partial charge on any atom is 0.238 e. The van der Waals surface area contributed by atoms with Crippen LogP contribution in [0.4, 0.5) is 5.69 Å². The molecule has 21 heavy (non-hydrogen) atoms. The van der Waals surface area contributed by atoms with Gasteiger partial charge in [-0.05, 0) is 70.0 Å². The molecule has 1 atom stereocenters. The van der Waals surface area contributed by atoms with Crippen LogP contribution in [-0.4, -0.2) is 34.1 Å². The molecular formula is C15H25N3O2S. The van der Waals surface area contributed by atoms with Gasteiger partial charge in [0.2, 0.25) is 10.0 Å². The van der Waals surface area contributed by atoms with E-state index in [0.29, 0.717) is 12.0 Å². The van der Waals surface area contributed by atoms with E-state index in [1.807, 2.05) is 12.1 Å². The van der Waals surface area contributed by atoms with E-state index in [9.17, 15) is 8.42 Å². The Morgan fingerprint density at radius 1 is 1.33 bits per heavy atom. The largest absolute Gasteiger partial charge is 0.369 e. The molecule has 6 heteroatoms. The van der Waals surface area contributed by atoms with Crippen molar-refractivity contribution in [3.63, 3.8) is 0 Å². The molecule has 0 radical (unpaired) electrons. The lowest BCUT2D eigenvalue weighted by Crippen LogP contribution is -2.41. The van der Waals surface area contributed by atoms with Crippen molar-refractivity contribution >= 4 is 15.7 Å². The van der Waals surface area contributed by atoms with E-state index in [-0.39, 0.29) is 4.90 Å². The fourth-order valence-corrected chi connectivity index (χ4v) is 3.32. The van der Waals surface area contributed by atoms with Crippen molar-refractivity contribution in [2.75, 3.05) is 24.5 Å².